The highest BCUT2D eigenvalue weighted by molar-refractivity contribution is 7.92. The number of hydrogen-bond acceptors (Lipinski definition) is 6. The summed E-state index contributed by atoms with van der Waals surface area (Å²) in [4.78, 5) is 0.193. The molecule has 2 rings (SSSR count). The molecular weight excluding hydrogens is 316 g/mol. The molecule has 8 heteroatoms. The van der Waals surface area contributed by atoms with Crippen molar-refractivity contribution in [1.29, 1.82) is 0 Å². The van der Waals surface area contributed by atoms with Gasteiger partial charge in [-0.15, -0.1) is 10.2 Å². The lowest BCUT2D eigenvalue weighted by molar-refractivity contribution is 0.210. The van der Waals surface area contributed by atoms with Gasteiger partial charge in [0.2, 0.25) is 0 Å². The van der Waals surface area contributed by atoms with Gasteiger partial charge in [0.1, 0.15) is 5.82 Å². The summed E-state index contributed by atoms with van der Waals surface area (Å²) in [5.74, 6) is 0.721. The van der Waals surface area contributed by atoms with Gasteiger partial charge in [0.15, 0.2) is 5.82 Å². The molecule has 7 nitrogen and oxygen atoms in total. The Hall–Kier alpha value is -2.19. The fourth-order valence-electron chi connectivity index (χ4n) is 1.86. The second-order valence-electron chi connectivity index (χ2n) is 4.83. The van der Waals surface area contributed by atoms with Crippen molar-refractivity contribution in [3.8, 4) is 0 Å². The second-order valence-corrected chi connectivity index (χ2v) is 6.51. The first-order valence-corrected chi connectivity index (χ1v) is 8.72. The van der Waals surface area contributed by atoms with E-state index in [1.54, 1.807) is 43.5 Å². The Morgan fingerprint density at radius 1 is 1.04 bits per heavy atom. The summed E-state index contributed by atoms with van der Waals surface area (Å²) in [6.07, 6.45) is 0.858. The molecule has 1 aromatic carbocycles. The Morgan fingerprint density at radius 3 is 2.26 bits per heavy atom. The zero-order valence-corrected chi connectivity index (χ0v) is 13.9. The van der Waals surface area contributed by atoms with Gasteiger partial charge in [0, 0.05) is 13.7 Å². The summed E-state index contributed by atoms with van der Waals surface area (Å²) < 4.78 is 31.9. The van der Waals surface area contributed by atoms with E-state index in [0.717, 1.165) is 12.0 Å². The first-order valence-electron chi connectivity index (χ1n) is 7.23. The van der Waals surface area contributed by atoms with Crippen LogP contribution in [0.1, 0.15) is 12.5 Å². The first-order chi connectivity index (χ1) is 11.0. The van der Waals surface area contributed by atoms with E-state index >= 15 is 0 Å². The maximum absolute atomic E-state index is 12.3. The van der Waals surface area contributed by atoms with Crippen LogP contribution in [-0.2, 0) is 21.2 Å². The van der Waals surface area contributed by atoms with Crippen LogP contribution >= 0.6 is 0 Å². The van der Waals surface area contributed by atoms with E-state index in [9.17, 15) is 8.42 Å². The molecule has 0 unspecified atom stereocenters. The number of methoxy groups -OCH3 is 1. The molecule has 0 fully saturated rings. The lowest BCUT2D eigenvalue weighted by Gasteiger charge is -2.08. The zero-order chi connectivity index (χ0) is 16.7. The fourth-order valence-corrected chi connectivity index (χ4v) is 2.86. The number of anilines is 2. The summed E-state index contributed by atoms with van der Waals surface area (Å²) in [7, 11) is -2.06. The van der Waals surface area contributed by atoms with Gasteiger partial charge >= 0.3 is 0 Å². The van der Waals surface area contributed by atoms with Crippen molar-refractivity contribution >= 4 is 21.7 Å². The number of hydrogen-bond donors (Lipinski definition) is 2. The van der Waals surface area contributed by atoms with Crippen molar-refractivity contribution in [3.63, 3.8) is 0 Å². The van der Waals surface area contributed by atoms with Crippen molar-refractivity contribution in [2.45, 2.75) is 18.2 Å². The van der Waals surface area contributed by atoms with Gasteiger partial charge in [-0.25, -0.2) is 8.42 Å². The van der Waals surface area contributed by atoms with Crippen molar-refractivity contribution in [2.75, 3.05) is 30.3 Å². The van der Waals surface area contributed by atoms with Gasteiger partial charge in [0.25, 0.3) is 10.0 Å². The third-order valence-electron chi connectivity index (χ3n) is 3.16. The molecule has 2 aromatic rings. The van der Waals surface area contributed by atoms with Gasteiger partial charge in [0.05, 0.1) is 11.5 Å². The predicted molar refractivity (Wildman–Crippen MR) is 89.0 cm³/mol. The van der Waals surface area contributed by atoms with Crippen LogP contribution in [0.3, 0.4) is 0 Å². The molecule has 124 valence electrons. The summed E-state index contributed by atoms with van der Waals surface area (Å²) in [5.41, 5.74) is 1.08. The average molecular weight is 336 g/mol. The smallest absolute Gasteiger partial charge is 0.263 e. The third kappa shape index (κ3) is 4.90. The van der Waals surface area contributed by atoms with Gasteiger partial charge < -0.3 is 10.1 Å². The summed E-state index contributed by atoms with van der Waals surface area (Å²) in [6, 6.07) is 9.96. The van der Waals surface area contributed by atoms with Crippen LogP contribution in [0.4, 0.5) is 11.6 Å². The van der Waals surface area contributed by atoms with E-state index in [1.165, 1.54) is 0 Å². The molecule has 0 amide bonds. The molecule has 0 aliphatic rings. The second kappa shape index (κ2) is 7.89. The highest BCUT2D eigenvalue weighted by atomic mass is 32.2. The number of benzene rings is 1. The molecule has 0 atom stereocenters. The highest BCUT2D eigenvalue weighted by Crippen LogP contribution is 2.15. The minimum atomic E-state index is -3.66. The molecule has 1 aromatic heterocycles. The van der Waals surface area contributed by atoms with E-state index in [4.69, 9.17) is 4.74 Å². The van der Waals surface area contributed by atoms with Crippen LogP contribution in [0.2, 0.25) is 0 Å². The third-order valence-corrected chi connectivity index (χ3v) is 4.53. The number of nitrogens with one attached hydrogen (secondary N) is 2. The summed E-state index contributed by atoms with van der Waals surface area (Å²) in [6.45, 7) is 3.16. The number of ether oxygens (including phenoxy) is 1. The molecule has 1 heterocycles. The molecule has 0 bridgehead atoms. The monoisotopic (exact) mass is 336 g/mol. The number of aromatic nitrogens is 2. The molecule has 2 N–H and O–H groups in total. The van der Waals surface area contributed by atoms with Crippen LogP contribution in [0.15, 0.2) is 41.3 Å². The van der Waals surface area contributed by atoms with Crippen molar-refractivity contribution in [2.24, 2.45) is 0 Å². The van der Waals surface area contributed by atoms with Crippen LogP contribution < -0.4 is 10.0 Å². The van der Waals surface area contributed by atoms with Gasteiger partial charge in [-0.1, -0.05) is 19.1 Å². The Labute approximate surface area is 136 Å². The van der Waals surface area contributed by atoms with Gasteiger partial charge in [-0.3, -0.25) is 4.72 Å². The fraction of sp³-hybridized carbons (Fsp3) is 0.333. The van der Waals surface area contributed by atoms with E-state index in [1.807, 2.05) is 6.92 Å². The minimum Gasteiger partial charge on any atom is -0.383 e. The lowest BCUT2D eigenvalue weighted by atomic mass is 10.2. The molecule has 0 spiro atoms. The topological polar surface area (TPSA) is 93.2 Å². The SMILES string of the molecule is CCc1ccc(S(=O)(=O)Nc2ccc(NCCOC)nn2)cc1. The Kier molecular flexibility index (Phi) is 5.89. The number of aryl methyl sites for hydroxylation is 1. The maximum Gasteiger partial charge on any atom is 0.263 e. The largest absolute Gasteiger partial charge is 0.383 e. The molecule has 23 heavy (non-hydrogen) atoms. The maximum atomic E-state index is 12.3. The predicted octanol–water partition coefficient (Wildman–Crippen LogP) is 1.90. The molecule has 0 saturated heterocycles. The Bertz CT molecular complexity index is 715. The van der Waals surface area contributed by atoms with Crippen molar-refractivity contribution in [1.82, 2.24) is 10.2 Å². The Balaban J connectivity index is 2.04. The van der Waals surface area contributed by atoms with Crippen molar-refractivity contribution in [3.05, 3.63) is 42.0 Å². The molecule has 0 radical (unpaired) electrons. The van der Waals surface area contributed by atoms with Gasteiger partial charge in [-0.2, -0.15) is 0 Å². The van der Waals surface area contributed by atoms with Crippen LogP contribution in [-0.4, -0.2) is 38.9 Å². The van der Waals surface area contributed by atoms with E-state index < -0.39 is 10.0 Å². The standard InChI is InChI=1S/C15H20N4O3S/c1-3-12-4-6-13(7-5-12)23(20,21)19-15-9-8-14(17-18-15)16-10-11-22-2/h4-9H,3,10-11H2,1-2H3,(H,16,17)(H,18,19). The molecule has 0 saturated carbocycles. The van der Waals surface area contributed by atoms with E-state index in [0.29, 0.717) is 19.0 Å². The van der Waals surface area contributed by atoms with Crippen molar-refractivity contribution < 1.29 is 13.2 Å². The first kappa shape index (κ1) is 17.2. The minimum absolute atomic E-state index is 0.168. The quantitative estimate of drug-likeness (QED) is 0.715. The van der Waals surface area contributed by atoms with Gasteiger partial charge in [-0.05, 0) is 36.2 Å². The van der Waals surface area contributed by atoms with E-state index in [-0.39, 0.29) is 10.7 Å². The van der Waals surface area contributed by atoms with Crippen LogP contribution in [0, 0.1) is 0 Å². The number of nitrogens with zero attached hydrogens (tertiary/aromatic N) is 2. The molecular formula is C15H20N4O3S. The lowest BCUT2D eigenvalue weighted by Crippen LogP contribution is -2.15. The summed E-state index contributed by atoms with van der Waals surface area (Å²) in [5, 5.41) is 10.8. The normalized spacial score (nSPS) is 11.2. The molecule has 0 aliphatic carbocycles. The van der Waals surface area contributed by atoms with E-state index in [2.05, 4.69) is 20.2 Å². The summed E-state index contributed by atoms with van der Waals surface area (Å²) >= 11 is 0. The Morgan fingerprint density at radius 2 is 1.70 bits per heavy atom. The highest BCUT2D eigenvalue weighted by Gasteiger charge is 2.14. The number of rotatable bonds is 8. The van der Waals surface area contributed by atoms with Crippen LogP contribution in [0.25, 0.3) is 0 Å². The zero-order valence-electron chi connectivity index (χ0n) is 13.1. The number of sulfonamides is 1. The average Bonchev–Trinajstić information content (AvgIpc) is 2.56. The molecule has 0 aliphatic heterocycles. The van der Waals surface area contributed by atoms with Crippen LogP contribution in [0.5, 0.6) is 0 Å².